The van der Waals surface area contributed by atoms with Crippen LogP contribution in [-0.4, -0.2) is 29.3 Å². The molecule has 0 fully saturated rings. The van der Waals surface area contributed by atoms with E-state index in [4.69, 9.17) is 34.8 Å². The van der Waals surface area contributed by atoms with Gasteiger partial charge in [0.2, 0.25) is 5.91 Å². The van der Waals surface area contributed by atoms with E-state index in [2.05, 4.69) is 15.0 Å². The quantitative estimate of drug-likeness (QED) is 0.188. The van der Waals surface area contributed by atoms with Crippen molar-refractivity contribution >= 4 is 69.1 Å². The third kappa shape index (κ3) is 9.84. The smallest absolute Gasteiger partial charge is 0.379 e. The van der Waals surface area contributed by atoms with E-state index in [1.165, 1.54) is 0 Å². The SMILES string of the molecule is C.C.C.C.C.C.C.CCOC(=O)C(=O)c1c(Cl)[nH]c2cc(Cl)ccc12.O=C1Cc2ccc(Cl)cc2N1. The number of H-pyrrole nitrogens is 1. The van der Waals surface area contributed by atoms with Crippen molar-refractivity contribution in [1.82, 2.24) is 4.98 Å². The van der Waals surface area contributed by atoms with Crippen molar-refractivity contribution in [3.05, 3.63) is 62.7 Å². The van der Waals surface area contributed by atoms with Gasteiger partial charge in [0.25, 0.3) is 5.78 Å². The van der Waals surface area contributed by atoms with Crippen molar-refractivity contribution in [3.8, 4) is 0 Å². The van der Waals surface area contributed by atoms with Crippen LogP contribution in [0.15, 0.2) is 36.4 Å². The first kappa shape index (κ1) is 43.5. The molecule has 9 heteroatoms. The van der Waals surface area contributed by atoms with E-state index in [9.17, 15) is 14.4 Å². The number of aromatic nitrogens is 1. The van der Waals surface area contributed by atoms with Crippen LogP contribution in [-0.2, 0) is 20.7 Å². The molecule has 2 heterocycles. The maximum Gasteiger partial charge on any atom is 0.379 e. The highest BCUT2D eigenvalue weighted by atomic mass is 35.5. The zero-order chi connectivity index (χ0) is 21.1. The normalized spacial score (nSPS) is 9.72. The maximum absolute atomic E-state index is 11.9. The van der Waals surface area contributed by atoms with Gasteiger partial charge in [0, 0.05) is 26.6 Å². The molecule has 2 aromatic carbocycles. The average molecular weight is 566 g/mol. The molecule has 206 valence electrons. The fourth-order valence-electron chi connectivity index (χ4n) is 2.84. The van der Waals surface area contributed by atoms with Crippen molar-refractivity contribution in [1.29, 1.82) is 0 Å². The van der Waals surface area contributed by atoms with Crippen LogP contribution in [0.3, 0.4) is 0 Å². The predicted octanol–water partition coefficient (Wildman–Crippen LogP) is 9.51. The second-order valence-corrected chi connectivity index (χ2v) is 7.33. The van der Waals surface area contributed by atoms with E-state index in [-0.39, 0.29) is 75.2 Å². The molecule has 0 saturated carbocycles. The topological polar surface area (TPSA) is 88.3 Å². The molecule has 0 unspecified atom stereocenters. The first-order valence-corrected chi connectivity index (χ1v) is 9.70. The molecule has 1 aromatic heterocycles. The van der Waals surface area contributed by atoms with Crippen LogP contribution in [0.1, 0.15) is 74.8 Å². The van der Waals surface area contributed by atoms with E-state index < -0.39 is 11.8 Å². The number of esters is 1. The van der Waals surface area contributed by atoms with Crippen LogP contribution >= 0.6 is 34.8 Å². The van der Waals surface area contributed by atoms with E-state index in [0.717, 1.165) is 11.3 Å². The lowest BCUT2D eigenvalue weighted by molar-refractivity contribution is -0.137. The number of ether oxygens (including phenoxy) is 1. The summed E-state index contributed by atoms with van der Waals surface area (Å²) in [5, 5.41) is 4.53. The van der Waals surface area contributed by atoms with Gasteiger partial charge in [-0.05, 0) is 36.8 Å². The van der Waals surface area contributed by atoms with Gasteiger partial charge in [0.05, 0.1) is 18.6 Å². The van der Waals surface area contributed by atoms with Crippen molar-refractivity contribution in [3.63, 3.8) is 0 Å². The summed E-state index contributed by atoms with van der Waals surface area (Å²) in [6, 6.07) is 10.3. The molecule has 36 heavy (non-hydrogen) atoms. The Balaban J connectivity index is -0.000000159. The number of carbonyl (C=O) groups excluding carboxylic acids is 3. The molecule has 1 aliphatic heterocycles. The Kier molecular flexibility index (Phi) is 22.6. The number of amides is 1. The number of hydrogen-bond acceptors (Lipinski definition) is 4. The summed E-state index contributed by atoms with van der Waals surface area (Å²) in [5.74, 6) is -1.65. The van der Waals surface area contributed by atoms with Gasteiger partial charge in [-0.1, -0.05) is 98.9 Å². The summed E-state index contributed by atoms with van der Waals surface area (Å²) >= 11 is 17.5. The maximum atomic E-state index is 11.9. The lowest BCUT2D eigenvalue weighted by Crippen LogP contribution is -2.17. The monoisotopic (exact) mass is 564 g/mol. The second kappa shape index (κ2) is 18.7. The van der Waals surface area contributed by atoms with Crippen molar-refractivity contribution < 1.29 is 19.1 Å². The first-order valence-electron chi connectivity index (χ1n) is 8.56. The van der Waals surface area contributed by atoms with Crippen molar-refractivity contribution in [2.75, 3.05) is 11.9 Å². The molecule has 2 N–H and O–H groups in total. The standard InChI is InChI=1S/C12H9Cl2NO3.C8H6ClNO.7CH4/c1-2-18-12(17)10(16)9-7-4-3-6(13)5-8(7)15-11(9)14;9-6-2-1-5-3-8(11)10-7(5)4-6;;;;;;;/h3-5,15H,2H2,1H3;1-2,4H,3H2,(H,10,11);7*1H4. The molecular weight excluding hydrogens is 523 g/mol. The molecule has 0 spiro atoms. The lowest BCUT2D eigenvalue weighted by Gasteiger charge is -2.00. The Bertz CT molecular complexity index is 1130. The Morgan fingerprint density at radius 1 is 0.889 bits per heavy atom. The number of carbonyl (C=O) groups is 3. The average Bonchev–Trinajstić information content (AvgIpc) is 3.18. The Morgan fingerprint density at radius 3 is 2.03 bits per heavy atom. The van der Waals surface area contributed by atoms with Gasteiger partial charge in [-0.3, -0.25) is 9.59 Å². The minimum Gasteiger partial charge on any atom is -0.460 e. The van der Waals surface area contributed by atoms with Crippen LogP contribution in [0.5, 0.6) is 0 Å². The Hall–Kier alpha value is -2.54. The number of ketones is 1. The second-order valence-electron chi connectivity index (χ2n) is 6.08. The van der Waals surface area contributed by atoms with Crippen LogP contribution in [0, 0.1) is 0 Å². The highest BCUT2D eigenvalue weighted by molar-refractivity contribution is 6.48. The number of halogens is 3. The van der Waals surface area contributed by atoms with E-state index in [0.29, 0.717) is 27.4 Å². The summed E-state index contributed by atoms with van der Waals surface area (Å²) in [6.45, 7) is 1.76. The van der Waals surface area contributed by atoms with Gasteiger partial charge >= 0.3 is 5.97 Å². The minimum atomic E-state index is -0.921. The third-order valence-corrected chi connectivity index (χ3v) is 4.85. The molecule has 6 nitrogen and oxygen atoms in total. The summed E-state index contributed by atoms with van der Waals surface area (Å²) in [5.41, 5.74) is 2.59. The third-order valence-electron chi connectivity index (χ3n) is 4.10. The Labute approximate surface area is 232 Å². The van der Waals surface area contributed by atoms with E-state index >= 15 is 0 Å². The number of hydrogen-bond donors (Lipinski definition) is 2. The van der Waals surface area contributed by atoms with Gasteiger partial charge < -0.3 is 15.0 Å². The molecule has 3 aromatic rings. The molecule has 0 atom stereocenters. The van der Waals surface area contributed by atoms with Gasteiger partial charge in [-0.25, -0.2) is 4.79 Å². The zero-order valence-corrected chi connectivity index (χ0v) is 17.4. The minimum absolute atomic E-state index is 0. The first-order chi connectivity index (χ1) is 13.8. The van der Waals surface area contributed by atoms with Crippen molar-refractivity contribution in [2.24, 2.45) is 0 Å². The van der Waals surface area contributed by atoms with Gasteiger partial charge in [-0.15, -0.1) is 0 Å². The molecule has 1 amide bonds. The zero-order valence-electron chi connectivity index (χ0n) is 15.1. The lowest BCUT2D eigenvalue weighted by atomic mass is 10.1. The molecule has 0 bridgehead atoms. The molecule has 0 saturated heterocycles. The molecule has 1 aliphatic rings. The summed E-state index contributed by atoms with van der Waals surface area (Å²) in [4.78, 5) is 37.0. The van der Waals surface area contributed by atoms with Crippen LogP contribution in [0.25, 0.3) is 10.9 Å². The molecular formula is C27H43Cl3N2O4. The number of aromatic amines is 1. The summed E-state index contributed by atoms with van der Waals surface area (Å²) in [7, 11) is 0. The number of fused-ring (bicyclic) bond motifs is 2. The highest BCUT2D eigenvalue weighted by Crippen LogP contribution is 2.29. The highest BCUT2D eigenvalue weighted by Gasteiger charge is 2.24. The summed E-state index contributed by atoms with van der Waals surface area (Å²) < 4.78 is 4.67. The van der Waals surface area contributed by atoms with Crippen molar-refractivity contribution in [2.45, 2.75) is 65.3 Å². The van der Waals surface area contributed by atoms with Gasteiger partial charge in [0.15, 0.2) is 0 Å². The summed E-state index contributed by atoms with van der Waals surface area (Å²) in [6.07, 6.45) is 0.479. The van der Waals surface area contributed by atoms with E-state index in [1.54, 1.807) is 37.3 Å². The largest absolute Gasteiger partial charge is 0.460 e. The predicted molar refractivity (Wildman–Crippen MR) is 160 cm³/mol. The molecule has 0 radical (unpaired) electrons. The van der Waals surface area contributed by atoms with Crippen LogP contribution in [0.2, 0.25) is 15.2 Å². The van der Waals surface area contributed by atoms with E-state index in [1.807, 2.05) is 6.07 Å². The van der Waals surface area contributed by atoms with Crippen LogP contribution in [0.4, 0.5) is 5.69 Å². The number of benzene rings is 2. The number of Topliss-reactive ketones (excluding diaryl/α,β-unsaturated/α-hetero) is 1. The number of rotatable bonds is 3. The fourth-order valence-corrected chi connectivity index (χ4v) is 3.48. The fraction of sp³-hybridized carbons (Fsp3) is 0.370. The van der Waals surface area contributed by atoms with Gasteiger partial charge in [0.1, 0.15) is 5.15 Å². The molecule has 0 aliphatic carbocycles. The number of anilines is 1. The molecule has 4 rings (SSSR count). The Morgan fingerprint density at radius 2 is 1.44 bits per heavy atom. The van der Waals surface area contributed by atoms with Crippen LogP contribution < -0.4 is 5.32 Å². The van der Waals surface area contributed by atoms with Gasteiger partial charge in [-0.2, -0.15) is 0 Å². The number of nitrogens with one attached hydrogen (secondary N) is 2.